The van der Waals surface area contributed by atoms with Crippen LogP contribution in [0.15, 0.2) is 78.9 Å². The number of rotatable bonds is 5. The van der Waals surface area contributed by atoms with E-state index in [1.165, 1.54) is 32.9 Å². The molecule has 0 aromatic heterocycles. The van der Waals surface area contributed by atoms with Crippen LogP contribution in [0.2, 0.25) is 0 Å². The summed E-state index contributed by atoms with van der Waals surface area (Å²) in [7, 11) is 2.17. The number of hydrogen-bond acceptors (Lipinski definition) is 5. The van der Waals surface area contributed by atoms with Crippen molar-refractivity contribution in [3.8, 4) is 5.75 Å². The van der Waals surface area contributed by atoms with Gasteiger partial charge in [0, 0.05) is 69.1 Å². The van der Waals surface area contributed by atoms with E-state index in [-0.39, 0.29) is 12.5 Å². The van der Waals surface area contributed by atoms with Crippen molar-refractivity contribution in [2.75, 3.05) is 75.8 Å². The summed E-state index contributed by atoms with van der Waals surface area (Å²) in [6.07, 6.45) is 0. The first-order valence-electron chi connectivity index (χ1n) is 13.2. The van der Waals surface area contributed by atoms with E-state index >= 15 is 0 Å². The quantitative estimate of drug-likeness (QED) is 0.409. The Hall–Kier alpha value is -3.77. The van der Waals surface area contributed by atoms with Crippen LogP contribution >= 0.6 is 0 Å². The second-order valence-corrected chi connectivity index (χ2v) is 10.1. The van der Waals surface area contributed by atoms with E-state index in [1.807, 2.05) is 11.0 Å². The highest BCUT2D eigenvalue weighted by Crippen LogP contribution is 2.31. The molecular formula is C31H34N4O2. The molecule has 2 heterocycles. The molecule has 2 aliphatic heterocycles. The molecule has 6 nitrogen and oxygen atoms in total. The molecule has 1 amide bonds. The molecule has 0 aliphatic carbocycles. The lowest BCUT2D eigenvalue weighted by Crippen LogP contribution is -2.50. The van der Waals surface area contributed by atoms with Crippen molar-refractivity contribution in [1.82, 2.24) is 9.80 Å². The monoisotopic (exact) mass is 494 g/mol. The minimum absolute atomic E-state index is 0.0469. The van der Waals surface area contributed by atoms with Gasteiger partial charge in [0.05, 0.1) is 0 Å². The number of benzene rings is 4. The summed E-state index contributed by atoms with van der Waals surface area (Å²) >= 11 is 0. The summed E-state index contributed by atoms with van der Waals surface area (Å²) in [5.41, 5.74) is 2.46. The first kappa shape index (κ1) is 23.6. The van der Waals surface area contributed by atoms with E-state index in [4.69, 9.17) is 4.74 Å². The van der Waals surface area contributed by atoms with Crippen LogP contribution in [0.4, 0.5) is 11.4 Å². The van der Waals surface area contributed by atoms with Crippen molar-refractivity contribution < 1.29 is 9.53 Å². The molecule has 37 heavy (non-hydrogen) atoms. The first-order valence-corrected chi connectivity index (χ1v) is 13.2. The smallest absolute Gasteiger partial charge is 0.260 e. The molecule has 6 heteroatoms. The number of carbonyl (C=O) groups is 1. The highest BCUT2D eigenvalue weighted by Gasteiger charge is 2.22. The van der Waals surface area contributed by atoms with Gasteiger partial charge in [0.25, 0.3) is 5.91 Å². The second kappa shape index (κ2) is 10.3. The number of nitrogens with zero attached hydrogens (tertiary/aromatic N) is 4. The molecule has 4 aromatic carbocycles. The van der Waals surface area contributed by atoms with E-state index in [1.54, 1.807) is 0 Å². The lowest BCUT2D eigenvalue weighted by atomic mass is 10.1. The molecule has 0 N–H and O–H groups in total. The van der Waals surface area contributed by atoms with Crippen molar-refractivity contribution >= 4 is 38.8 Å². The molecule has 2 aliphatic rings. The standard InChI is InChI=1S/C31H34N4O2/c1-32-13-15-34(16-14-32)30-8-4-7-25-10-12-28(22-29(25)30)37-23-31(36)35-19-17-33(18-20-35)27-11-9-24-5-2-3-6-26(24)21-27/h2-12,21-22H,13-20,23H2,1H3. The van der Waals surface area contributed by atoms with Gasteiger partial charge >= 0.3 is 0 Å². The largest absolute Gasteiger partial charge is 0.484 e. The van der Waals surface area contributed by atoms with Gasteiger partial charge in [0.2, 0.25) is 0 Å². The third kappa shape index (κ3) is 5.07. The Balaban J connectivity index is 1.07. The molecule has 2 saturated heterocycles. The summed E-state index contributed by atoms with van der Waals surface area (Å²) in [5.74, 6) is 0.794. The van der Waals surface area contributed by atoms with Crippen LogP contribution in [0.5, 0.6) is 5.75 Å². The maximum Gasteiger partial charge on any atom is 0.260 e. The predicted octanol–water partition coefficient (Wildman–Crippen LogP) is 4.47. The zero-order chi connectivity index (χ0) is 25.2. The number of anilines is 2. The molecular weight excluding hydrogens is 460 g/mol. The number of likely N-dealkylation sites (N-methyl/N-ethyl adjacent to an activating group) is 1. The summed E-state index contributed by atoms with van der Waals surface area (Å²) in [5, 5.41) is 4.88. The number of ether oxygens (including phenoxy) is 1. The average Bonchev–Trinajstić information content (AvgIpc) is 2.96. The van der Waals surface area contributed by atoms with Crippen LogP contribution in [-0.4, -0.2) is 81.7 Å². The zero-order valence-electron chi connectivity index (χ0n) is 21.5. The summed E-state index contributed by atoms with van der Waals surface area (Å²) in [4.78, 5) is 22.1. The van der Waals surface area contributed by atoms with Gasteiger partial charge in [0.1, 0.15) is 5.75 Å². The Morgan fingerprint density at radius 3 is 2.22 bits per heavy atom. The van der Waals surface area contributed by atoms with Crippen molar-refractivity contribution in [3.63, 3.8) is 0 Å². The van der Waals surface area contributed by atoms with Gasteiger partial charge in [-0.3, -0.25) is 4.79 Å². The minimum atomic E-state index is 0.0469. The fourth-order valence-electron chi connectivity index (χ4n) is 5.47. The molecule has 6 rings (SSSR count). The zero-order valence-corrected chi connectivity index (χ0v) is 21.5. The summed E-state index contributed by atoms with van der Waals surface area (Å²) < 4.78 is 6.02. The van der Waals surface area contributed by atoms with Crippen LogP contribution in [0.25, 0.3) is 21.5 Å². The Kier molecular flexibility index (Phi) is 6.58. The Labute approximate surface area is 218 Å². The number of fused-ring (bicyclic) bond motifs is 2. The van der Waals surface area contributed by atoms with Crippen LogP contribution in [0.3, 0.4) is 0 Å². The van der Waals surface area contributed by atoms with Crippen LogP contribution < -0.4 is 14.5 Å². The van der Waals surface area contributed by atoms with Gasteiger partial charge in [-0.25, -0.2) is 0 Å². The first-order chi connectivity index (χ1) is 18.1. The molecule has 0 bridgehead atoms. The Bertz CT molecular complexity index is 1410. The third-order valence-corrected chi connectivity index (χ3v) is 7.77. The van der Waals surface area contributed by atoms with Gasteiger partial charge in [-0.15, -0.1) is 0 Å². The number of carbonyl (C=O) groups excluding carboxylic acids is 1. The number of piperazine rings is 2. The highest BCUT2D eigenvalue weighted by molar-refractivity contribution is 5.95. The van der Waals surface area contributed by atoms with Gasteiger partial charge in [-0.1, -0.05) is 48.5 Å². The second-order valence-electron chi connectivity index (χ2n) is 10.1. The van der Waals surface area contributed by atoms with E-state index in [0.717, 1.165) is 45.0 Å². The van der Waals surface area contributed by atoms with E-state index in [9.17, 15) is 4.79 Å². The predicted molar refractivity (Wildman–Crippen MR) is 152 cm³/mol. The molecule has 0 spiro atoms. The number of amides is 1. The molecule has 190 valence electrons. The van der Waals surface area contributed by atoms with Crippen molar-refractivity contribution in [3.05, 3.63) is 78.9 Å². The third-order valence-electron chi connectivity index (χ3n) is 7.77. The molecule has 2 fully saturated rings. The van der Waals surface area contributed by atoms with E-state index in [2.05, 4.69) is 94.5 Å². The minimum Gasteiger partial charge on any atom is -0.484 e. The molecule has 0 saturated carbocycles. The molecule has 0 atom stereocenters. The van der Waals surface area contributed by atoms with E-state index in [0.29, 0.717) is 13.1 Å². The van der Waals surface area contributed by atoms with Crippen molar-refractivity contribution in [2.24, 2.45) is 0 Å². The highest BCUT2D eigenvalue weighted by atomic mass is 16.5. The molecule has 0 unspecified atom stereocenters. The SMILES string of the molecule is CN1CCN(c2cccc3ccc(OCC(=O)N4CCN(c5ccc6ccccc6c5)CC4)cc23)CC1. The topological polar surface area (TPSA) is 39.3 Å². The lowest BCUT2D eigenvalue weighted by molar-refractivity contribution is -0.133. The number of hydrogen-bond donors (Lipinski definition) is 0. The van der Waals surface area contributed by atoms with Gasteiger partial charge in [-0.05, 0) is 53.5 Å². The Morgan fingerprint density at radius 1 is 0.703 bits per heavy atom. The van der Waals surface area contributed by atoms with Crippen LogP contribution in [0, 0.1) is 0 Å². The summed E-state index contributed by atoms with van der Waals surface area (Å²) in [6.45, 7) is 7.31. The van der Waals surface area contributed by atoms with Crippen LogP contribution in [-0.2, 0) is 4.79 Å². The average molecular weight is 495 g/mol. The molecule has 0 radical (unpaired) electrons. The van der Waals surface area contributed by atoms with Gasteiger partial charge in [0.15, 0.2) is 6.61 Å². The van der Waals surface area contributed by atoms with Crippen molar-refractivity contribution in [2.45, 2.75) is 0 Å². The van der Waals surface area contributed by atoms with Gasteiger partial charge < -0.3 is 24.3 Å². The lowest BCUT2D eigenvalue weighted by Gasteiger charge is -2.36. The maximum atomic E-state index is 13.0. The van der Waals surface area contributed by atoms with Crippen LogP contribution in [0.1, 0.15) is 0 Å². The Morgan fingerprint density at radius 2 is 1.41 bits per heavy atom. The summed E-state index contributed by atoms with van der Waals surface area (Å²) in [6, 6.07) is 27.6. The normalized spacial score (nSPS) is 16.9. The fraction of sp³-hybridized carbons (Fsp3) is 0.323. The van der Waals surface area contributed by atoms with Crippen molar-refractivity contribution in [1.29, 1.82) is 0 Å². The molecule has 4 aromatic rings. The van der Waals surface area contributed by atoms with Gasteiger partial charge in [-0.2, -0.15) is 0 Å². The fourth-order valence-corrected chi connectivity index (χ4v) is 5.47. The maximum absolute atomic E-state index is 13.0. The van der Waals surface area contributed by atoms with E-state index < -0.39 is 0 Å².